The van der Waals surface area contributed by atoms with Crippen LogP contribution in [0.5, 0.6) is 0 Å². The molecule has 0 spiro atoms. The van der Waals surface area contributed by atoms with Gasteiger partial charge in [0.15, 0.2) is 0 Å². The molecule has 132 valence electrons. The van der Waals surface area contributed by atoms with Crippen LogP contribution in [0.2, 0.25) is 0 Å². The number of aryl methyl sites for hydroxylation is 1. The molecule has 2 aromatic carbocycles. The first-order chi connectivity index (χ1) is 12.1. The fourth-order valence-corrected chi connectivity index (χ4v) is 2.78. The van der Waals surface area contributed by atoms with Crippen molar-refractivity contribution in [2.24, 2.45) is 0 Å². The summed E-state index contributed by atoms with van der Waals surface area (Å²) in [6, 6.07) is 14.5. The Kier molecular flexibility index (Phi) is 7.17. The van der Waals surface area contributed by atoms with E-state index in [2.05, 4.69) is 52.6 Å². The Bertz CT molecular complexity index is 785. The lowest BCUT2D eigenvalue weighted by molar-refractivity contribution is 0.479. The van der Waals surface area contributed by atoms with Crippen LogP contribution in [0, 0.1) is 13.8 Å². The highest BCUT2D eigenvalue weighted by Crippen LogP contribution is 2.34. The fourth-order valence-electron chi connectivity index (χ4n) is 2.78. The minimum Gasteiger partial charge on any atom is -0.399 e. The van der Waals surface area contributed by atoms with Crippen LogP contribution < -0.4 is 5.73 Å². The molecule has 25 heavy (non-hydrogen) atoms. The van der Waals surface area contributed by atoms with Crippen LogP contribution in [0.4, 0.5) is 5.69 Å². The Morgan fingerprint density at radius 2 is 1.88 bits per heavy atom. The number of anilines is 1. The molecule has 0 radical (unpaired) electrons. The van der Waals surface area contributed by atoms with E-state index >= 15 is 0 Å². The number of nitrogens with two attached hydrogens (primary N) is 1. The van der Waals surface area contributed by atoms with E-state index < -0.39 is 0 Å². The third-order valence-electron chi connectivity index (χ3n) is 4.24. The number of H-pyrrole nitrogens is 1. The average molecular weight is 355 g/mol. The smallest absolute Gasteiger partial charge is 0.0922 e. The molecule has 0 fully saturated rings. The second kappa shape index (κ2) is 9.36. The predicted octanol–water partition coefficient (Wildman–Crippen LogP) is 4.65. The zero-order valence-electron chi connectivity index (χ0n) is 15.2. The number of nitrogen functional groups attached to an aromatic ring is 1. The lowest BCUT2D eigenvalue weighted by Crippen LogP contribution is -2.07. The maximum atomic E-state index is 5.97. The van der Waals surface area contributed by atoms with Crippen molar-refractivity contribution in [3.63, 3.8) is 0 Å². The molecule has 4 nitrogen and oxygen atoms in total. The van der Waals surface area contributed by atoms with Gasteiger partial charge in [0.25, 0.3) is 0 Å². The highest BCUT2D eigenvalue weighted by Gasteiger charge is 2.20. The van der Waals surface area contributed by atoms with E-state index in [4.69, 9.17) is 5.73 Å². The number of rotatable bonds is 4. The van der Waals surface area contributed by atoms with Gasteiger partial charge in [-0.25, -0.2) is 4.98 Å². The third kappa shape index (κ3) is 4.91. The van der Waals surface area contributed by atoms with Crippen molar-refractivity contribution < 1.29 is 4.52 Å². The number of hydrogen-bond acceptors (Lipinski definition) is 3. The monoisotopic (exact) mass is 355 g/mol. The molecular weight excluding hydrogens is 329 g/mol. The molecule has 3 rings (SSSR count). The molecule has 0 bridgehead atoms. The van der Waals surface area contributed by atoms with Gasteiger partial charge in [-0.3, -0.25) is 0 Å². The van der Waals surface area contributed by atoms with Gasteiger partial charge in [-0.2, -0.15) is 0 Å². The minimum absolute atomic E-state index is 0.121. The van der Waals surface area contributed by atoms with E-state index in [0.29, 0.717) is 8.81 Å². The van der Waals surface area contributed by atoms with E-state index in [1.807, 2.05) is 31.1 Å². The summed E-state index contributed by atoms with van der Waals surface area (Å²) in [5.74, 6) is 0.121. The Labute approximate surface area is 151 Å². The third-order valence-corrected chi connectivity index (χ3v) is 4.64. The van der Waals surface area contributed by atoms with Gasteiger partial charge in [0.1, 0.15) is 0 Å². The van der Waals surface area contributed by atoms with E-state index in [0.717, 1.165) is 11.4 Å². The lowest BCUT2D eigenvalue weighted by atomic mass is 9.85. The van der Waals surface area contributed by atoms with Crippen molar-refractivity contribution in [3.05, 3.63) is 82.9 Å². The van der Waals surface area contributed by atoms with Crippen molar-refractivity contribution in [3.8, 4) is 0 Å². The molecular formula is C20H26N3OP. The van der Waals surface area contributed by atoms with Gasteiger partial charge in [-0.1, -0.05) is 30.3 Å². The van der Waals surface area contributed by atoms with Gasteiger partial charge in [-0.05, 0) is 54.9 Å². The Morgan fingerprint density at radius 1 is 1.16 bits per heavy atom. The van der Waals surface area contributed by atoms with Crippen molar-refractivity contribution in [1.82, 2.24) is 9.97 Å². The largest absolute Gasteiger partial charge is 0.399 e. The SMILES string of the molecule is COPC.Cc1cccc(C(c2cccc(N)c2)c2cnc[nH]2)c1C. The van der Waals surface area contributed by atoms with Gasteiger partial charge in [0.05, 0.1) is 12.2 Å². The maximum Gasteiger partial charge on any atom is 0.0922 e. The first-order valence-electron chi connectivity index (χ1n) is 8.18. The average Bonchev–Trinajstić information content (AvgIpc) is 3.13. The summed E-state index contributed by atoms with van der Waals surface area (Å²) in [5.41, 5.74) is 12.9. The van der Waals surface area contributed by atoms with Crippen LogP contribution >= 0.6 is 8.81 Å². The summed E-state index contributed by atoms with van der Waals surface area (Å²) in [6.45, 7) is 6.29. The lowest BCUT2D eigenvalue weighted by Gasteiger charge is -2.20. The van der Waals surface area contributed by atoms with E-state index in [9.17, 15) is 0 Å². The molecule has 0 aliphatic rings. The highest BCUT2D eigenvalue weighted by atomic mass is 31.1. The van der Waals surface area contributed by atoms with Crippen molar-refractivity contribution in [2.75, 3.05) is 19.5 Å². The standard InChI is InChI=1S/C18H19N3.C2H7OP/c1-12-5-3-8-16(13(12)2)18(17-10-20-11-21-17)14-6-4-7-15(19)9-14;1-3-4-2/h3-11,18H,19H2,1-2H3,(H,20,21);4H,1-2H3. The zero-order valence-corrected chi connectivity index (χ0v) is 16.2. The van der Waals surface area contributed by atoms with E-state index in [-0.39, 0.29) is 5.92 Å². The molecule has 2 atom stereocenters. The Hall–Kier alpha value is -2.16. The van der Waals surface area contributed by atoms with Crippen LogP contribution in [0.15, 0.2) is 55.0 Å². The predicted molar refractivity (Wildman–Crippen MR) is 108 cm³/mol. The molecule has 3 N–H and O–H groups in total. The Morgan fingerprint density at radius 3 is 2.48 bits per heavy atom. The normalized spacial score (nSPS) is 12.0. The number of aromatic amines is 1. The van der Waals surface area contributed by atoms with Gasteiger partial charge in [0, 0.05) is 33.5 Å². The molecule has 1 aromatic heterocycles. The van der Waals surface area contributed by atoms with Gasteiger partial charge < -0.3 is 15.2 Å². The van der Waals surface area contributed by atoms with Crippen LogP contribution in [0.25, 0.3) is 0 Å². The summed E-state index contributed by atoms with van der Waals surface area (Å²) >= 11 is 0. The minimum atomic E-state index is 0.121. The molecule has 0 aliphatic carbocycles. The van der Waals surface area contributed by atoms with E-state index in [1.165, 1.54) is 22.3 Å². The second-order valence-corrected chi connectivity index (χ2v) is 6.62. The van der Waals surface area contributed by atoms with Crippen LogP contribution in [-0.2, 0) is 4.52 Å². The van der Waals surface area contributed by atoms with E-state index in [1.54, 1.807) is 13.4 Å². The summed E-state index contributed by atoms with van der Waals surface area (Å²) in [5, 5.41) is 0. The first kappa shape index (κ1) is 19.2. The first-order valence-corrected chi connectivity index (χ1v) is 9.58. The second-order valence-electron chi connectivity index (χ2n) is 5.81. The number of nitrogens with one attached hydrogen (secondary N) is 1. The molecule has 2 unspecified atom stereocenters. The van der Waals surface area contributed by atoms with Gasteiger partial charge in [-0.15, -0.1) is 0 Å². The fraction of sp³-hybridized carbons (Fsp3) is 0.250. The number of hydrogen-bond donors (Lipinski definition) is 2. The quantitative estimate of drug-likeness (QED) is 0.529. The number of aromatic nitrogens is 2. The van der Waals surface area contributed by atoms with Crippen LogP contribution in [0.3, 0.4) is 0 Å². The molecule has 5 heteroatoms. The van der Waals surface area contributed by atoms with Crippen molar-refractivity contribution in [2.45, 2.75) is 19.8 Å². The highest BCUT2D eigenvalue weighted by molar-refractivity contribution is 7.31. The molecule has 0 saturated heterocycles. The Balaban J connectivity index is 0.000000511. The summed E-state index contributed by atoms with van der Waals surface area (Å²) in [6.07, 6.45) is 3.61. The number of imidazole rings is 1. The summed E-state index contributed by atoms with van der Waals surface area (Å²) < 4.78 is 4.57. The van der Waals surface area contributed by atoms with Crippen LogP contribution in [0.1, 0.15) is 33.9 Å². The van der Waals surface area contributed by atoms with Gasteiger partial charge in [0.2, 0.25) is 0 Å². The topological polar surface area (TPSA) is 63.9 Å². The molecule has 3 aromatic rings. The number of nitrogens with zero attached hydrogens (tertiary/aromatic N) is 1. The maximum absolute atomic E-state index is 5.97. The number of benzene rings is 2. The summed E-state index contributed by atoms with van der Waals surface area (Å²) in [4.78, 5) is 7.43. The molecule has 1 heterocycles. The molecule has 0 saturated carbocycles. The van der Waals surface area contributed by atoms with Crippen molar-refractivity contribution in [1.29, 1.82) is 0 Å². The van der Waals surface area contributed by atoms with Gasteiger partial charge >= 0.3 is 0 Å². The van der Waals surface area contributed by atoms with Crippen LogP contribution in [-0.4, -0.2) is 23.7 Å². The van der Waals surface area contributed by atoms with Crippen molar-refractivity contribution >= 4 is 14.5 Å². The molecule has 0 aliphatic heterocycles. The zero-order chi connectivity index (χ0) is 18.2. The molecule has 0 amide bonds. The summed E-state index contributed by atoms with van der Waals surface area (Å²) in [7, 11) is 2.33.